The molecule has 1 aromatic carbocycles. The van der Waals surface area contributed by atoms with Crippen LogP contribution < -0.4 is 11.5 Å². The van der Waals surface area contributed by atoms with Gasteiger partial charge in [0.2, 0.25) is 0 Å². The fourth-order valence-electron chi connectivity index (χ4n) is 6.58. The van der Waals surface area contributed by atoms with Gasteiger partial charge < -0.3 is 16.4 Å². The van der Waals surface area contributed by atoms with Crippen LogP contribution >= 0.6 is 0 Å². The Kier molecular flexibility index (Phi) is 6.20. The van der Waals surface area contributed by atoms with E-state index in [1.165, 1.54) is 16.6 Å². The maximum absolute atomic E-state index is 14.3. The normalized spacial score (nSPS) is 20.1. The molecule has 0 aliphatic carbocycles. The lowest BCUT2D eigenvalue weighted by molar-refractivity contribution is 0.0562. The van der Waals surface area contributed by atoms with Crippen molar-refractivity contribution in [3.8, 4) is 22.4 Å². The molecule has 220 valence electrons. The third-order valence-electron chi connectivity index (χ3n) is 8.44. The molecular formula is C29H28FN9O3S. The second-order valence-corrected chi connectivity index (χ2v) is 13.1. The molecule has 2 aliphatic rings. The number of aromatic amines is 1. The van der Waals surface area contributed by atoms with E-state index in [4.69, 9.17) is 16.5 Å². The number of halogens is 1. The van der Waals surface area contributed by atoms with Gasteiger partial charge in [-0.25, -0.2) is 17.8 Å². The molecule has 12 nitrogen and oxygen atoms in total. The van der Waals surface area contributed by atoms with Gasteiger partial charge in [0.05, 0.1) is 17.6 Å². The SMILES string of the molecule is CS(=O)(=O)c1c([C@H]2C[C@H]3CC[C@@H](C2)N3C(=O)c2cc(N)n[nH]2)nc2c(-c3ccc(-c4ccccc4F)nc3)cnn2c1N. The van der Waals surface area contributed by atoms with E-state index in [2.05, 4.69) is 20.3 Å². The van der Waals surface area contributed by atoms with Crippen LogP contribution in [-0.2, 0) is 9.84 Å². The third-order valence-corrected chi connectivity index (χ3v) is 9.60. The number of fused-ring (bicyclic) bond motifs is 3. The quantitative estimate of drug-likeness (QED) is 0.272. The molecule has 0 radical (unpaired) electrons. The number of anilines is 2. The lowest BCUT2D eigenvalue weighted by Gasteiger charge is -2.39. The fourth-order valence-corrected chi connectivity index (χ4v) is 7.64. The van der Waals surface area contributed by atoms with Gasteiger partial charge in [0.25, 0.3) is 5.91 Å². The van der Waals surface area contributed by atoms with E-state index in [1.807, 2.05) is 4.90 Å². The van der Waals surface area contributed by atoms with Crippen molar-refractivity contribution in [2.75, 3.05) is 17.7 Å². The molecule has 43 heavy (non-hydrogen) atoms. The molecule has 4 aromatic heterocycles. The minimum absolute atomic E-state index is 0.0246. The first-order chi connectivity index (χ1) is 20.6. The number of nitrogen functional groups attached to an aromatic ring is 2. The van der Waals surface area contributed by atoms with Gasteiger partial charge in [-0.15, -0.1) is 0 Å². The smallest absolute Gasteiger partial charge is 0.272 e. The Morgan fingerprint density at radius 2 is 1.79 bits per heavy atom. The highest BCUT2D eigenvalue weighted by Gasteiger charge is 2.46. The van der Waals surface area contributed by atoms with Crippen molar-refractivity contribution in [3.63, 3.8) is 0 Å². The van der Waals surface area contributed by atoms with Gasteiger partial charge in [-0.3, -0.25) is 14.9 Å². The molecule has 2 saturated heterocycles. The van der Waals surface area contributed by atoms with Crippen molar-refractivity contribution in [1.29, 1.82) is 0 Å². The highest BCUT2D eigenvalue weighted by molar-refractivity contribution is 7.91. The van der Waals surface area contributed by atoms with Gasteiger partial charge in [-0.2, -0.15) is 14.7 Å². The molecule has 5 aromatic rings. The number of carbonyl (C=O) groups is 1. The zero-order valence-corrected chi connectivity index (χ0v) is 23.9. The number of piperidine rings is 1. The molecule has 0 spiro atoms. The first kappa shape index (κ1) is 27.0. The molecular weight excluding hydrogens is 573 g/mol. The summed E-state index contributed by atoms with van der Waals surface area (Å²) in [6, 6.07) is 11.2. The van der Waals surface area contributed by atoms with Crippen LogP contribution in [-0.4, -0.2) is 67.3 Å². The van der Waals surface area contributed by atoms with E-state index in [0.717, 1.165) is 19.1 Å². The molecule has 2 bridgehead atoms. The summed E-state index contributed by atoms with van der Waals surface area (Å²) in [5, 5.41) is 10.9. The second kappa shape index (κ2) is 9.87. The highest BCUT2D eigenvalue weighted by Crippen LogP contribution is 2.45. The molecule has 6 heterocycles. The Balaban J connectivity index is 1.28. The van der Waals surface area contributed by atoms with E-state index in [1.54, 1.807) is 42.7 Å². The number of aromatic nitrogens is 6. The molecule has 1 amide bonds. The van der Waals surface area contributed by atoms with Crippen molar-refractivity contribution in [1.82, 2.24) is 34.7 Å². The van der Waals surface area contributed by atoms with E-state index >= 15 is 0 Å². The van der Waals surface area contributed by atoms with Crippen molar-refractivity contribution in [2.45, 2.75) is 48.6 Å². The number of nitrogens with zero attached hydrogens (tertiary/aromatic N) is 6. The Bertz CT molecular complexity index is 1990. The van der Waals surface area contributed by atoms with Crippen molar-refractivity contribution in [2.24, 2.45) is 0 Å². The average Bonchev–Trinajstić information content (AvgIpc) is 3.68. The number of rotatable bonds is 5. The zero-order chi connectivity index (χ0) is 30.0. The van der Waals surface area contributed by atoms with Gasteiger partial charge in [0.1, 0.15) is 28.0 Å². The maximum Gasteiger partial charge on any atom is 0.272 e. The summed E-state index contributed by atoms with van der Waals surface area (Å²) >= 11 is 0. The number of amides is 1. The van der Waals surface area contributed by atoms with E-state index in [-0.39, 0.29) is 46.3 Å². The highest BCUT2D eigenvalue weighted by atomic mass is 32.2. The number of carbonyl (C=O) groups excluding carboxylic acids is 1. The lowest BCUT2D eigenvalue weighted by atomic mass is 9.87. The Labute approximate surface area is 245 Å². The molecule has 14 heteroatoms. The van der Waals surface area contributed by atoms with Crippen LogP contribution in [0.4, 0.5) is 16.0 Å². The van der Waals surface area contributed by atoms with Crippen LogP contribution in [0.2, 0.25) is 0 Å². The van der Waals surface area contributed by atoms with Gasteiger partial charge >= 0.3 is 0 Å². The van der Waals surface area contributed by atoms with Crippen LogP contribution in [0.3, 0.4) is 0 Å². The van der Waals surface area contributed by atoms with E-state index in [9.17, 15) is 17.6 Å². The topological polar surface area (TPSA) is 178 Å². The number of sulfone groups is 1. The third kappa shape index (κ3) is 4.49. The minimum atomic E-state index is -3.79. The Morgan fingerprint density at radius 3 is 2.42 bits per heavy atom. The molecule has 3 atom stereocenters. The van der Waals surface area contributed by atoms with Crippen LogP contribution in [0.25, 0.3) is 28.0 Å². The number of hydrogen-bond donors (Lipinski definition) is 3. The summed E-state index contributed by atoms with van der Waals surface area (Å²) in [4.78, 5) is 24.5. The standard InChI is InChI=1S/C29H28FN9O3S/c1-43(41,42)26-25(16-10-17-7-8-18(11-16)38(17)29(40)23-12-24(31)37-36-23)35-28-20(14-34-39(28)27(26)32)15-6-9-22(33-13-15)19-4-2-3-5-21(19)30/h2-6,9,12-14,16-18H,7-8,10-11,32H2,1H3,(H3,31,36,37)/t16-,17+,18-. The summed E-state index contributed by atoms with van der Waals surface area (Å²) in [6.07, 6.45) is 6.92. The van der Waals surface area contributed by atoms with Crippen LogP contribution in [0.15, 0.2) is 59.8 Å². The molecule has 5 N–H and O–H groups in total. The molecule has 0 saturated carbocycles. The Hall–Kier alpha value is -4.85. The van der Waals surface area contributed by atoms with Crippen LogP contribution in [0.1, 0.15) is 47.8 Å². The molecule has 2 aliphatic heterocycles. The fraction of sp³-hybridized carbons (Fsp3) is 0.276. The Morgan fingerprint density at radius 1 is 1.05 bits per heavy atom. The monoisotopic (exact) mass is 601 g/mol. The maximum atomic E-state index is 14.3. The number of benzene rings is 1. The summed E-state index contributed by atoms with van der Waals surface area (Å²) < 4.78 is 41.8. The van der Waals surface area contributed by atoms with Gasteiger partial charge in [-0.1, -0.05) is 18.2 Å². The van der Waals surface area contributed by atoms with Gasteiger partial charge in [0, 0.05) is 53.2 Å². The second-order valence-electron chi connectivity index (χ2n) is 11.2. The number of H-pyrrole nitrogens is 1. The van der Waals surface area contributed by atoms with Crippen LogP contribution in [0, 0.1) is 5.82 Å². The zero-order valence-electron chi connectivity index (χ0n) is 23.1. The van der Waals surface area contributed by atoms with Crippen molar-refractivity contribution in [3.05, 3.63) is 72.1 Å². The van der Waals surface area contributed by atoms with Crippen molar-refractivity contribution >= 4 is 33.0 Å². The molecule has 7 rings (SSSR count). The van der Waals surface area contributed by atoms with E-state index < -0.39 is 9.84 Å². The summed E-state index contributed by atoms with van der Waals surface area (Å²) in [5.41, 5.74) is 15.4. The summed E-state index contributed by atoms with van der Waals surface area (Å²) in [7, 11) is -3.79. The molecule has 2 fully saturated rings. The first-order valence-electron chi connectivity index (χ1n) is 13.8. The summed E-state index contributed by atoms with van der Waals surface area (Å²) in [6.45, 7) is 0. The summed E-state index contributed by atoms with van der Waals surface area (Å²) in [5.74, 6) is -0.587. The minimum Gasteiger partial charge on any atom is -0.382 e. The predicted molar refractivity (Wildman–Crippen MR) is 157 cm³/mol. The number of nitrogens with one attached hydrogen (secondary N) is 1. The van der Waals surface area contributed by atoms with Crippen molar-refractivity contribution < 1.29 is 17.6 Å². The van der Waals surface area contributed by atoms with E-state index in [0.29, 0.717) is 52.3 Å². The van der Waals surface area contributed by atoms with Crippen LogP contribution in [0.5, 0.6) is 0 Å². The largest absolute Gasteiger partial charge is 0.382 e. The first-order valence-corrected chi connectivity index (χ1v) is 15.7. The number of pyridine rings is 1. The number of nitrogens with two attached hydrogens (primary N) is 2. The average molecular weight is 602 g/mol. The predicted octanol–water partition coefficient (Wildman–Crippen LogP) is 3.44. The van der Waals surface area contributed by atoms with Gasteiger partial charge in [-0.05, 0) is 43.9 Å². The number of hydrogen-bond acceptors (Lipinski definition) is 9. The van der Waals surface area contributed by atoms with Gasteiger partial charge in [0.15, 0.2) is 15.5 Å². The lowest BCUT2D eigenvalue weighted by Crippen LogP contribution is -2.46. The molecule has 0 unspecified atom stereocenters.